The lowest BCUT2D eigenvalue weighted by atomic mass is 10.3. The highest BCUT2D eigenvalue weighted by Crippen LogP contribution is 2.25. The summed E-state index contributed by atoms with van der Waals surface area (Å²) in [5.41, 5.74) is 0. The lowest BCUT2D eigenvalue weighted by molar-refractivity contribution is 0.0870. The van der Waals surface area contributed by atoms with Crippen LogP contribution in [-0.4, -0.2) is 24.2 Å². The number of ether oxygens (including phenoxy) is 1. The Morgan fingerprint density at radius 2 is 2.31 bits per heavy atom. The quantitative estimate of drug-likeness (QED) is 0.810. The van der Waals surface area contributed by atoms with Gasteiger partial charge in [-0.2, -0.15) is 0 Å². The van der Waals surface area contributed by atoms with Crippen molar-refractivity contribution >= 4 is 27.2 Å². The van der Waals surface area contributed by atoms with E-state index in [9.17, 15) is 0 Å². The smallest absolute Gasteiger partial charge is 0.134 e. The molecule has 0 amide bonds. The number of hydrogen-bond donors (Lipinski definition) is 1. The van der Waals surface area contributed by atoms with E-state index >= 15 is 0 Å². The van der Waals surface area contributed by atoms with Crippen LogP contribution < -0.4 is 5.32 Å². The van der Waals surface area contributed by atoms with Gasteiger partial charge in [-0.3, -0.25) is 0 Å². The lowest BCUT2D eigenvalue weighted by Gasteiger charge is -2.09. The van der Waals surface area contributed by atoms with Crippen LogP contribution >= 0.6 is 11.3 Å². The molecule has 0 aromatic carbocycles. The number of nitrogens with zero attached hydrogens (tertiary/aromatic N) is 1. The second kappa shape index (κ2) is 5.27. The van der Waals surface area contributed by atoms with Crippen LogP contribution in [0.15, 0.2) is 23.7 Å². The monoisotopic (exact) mass is 236 g/mol. The van der Waals surface area contributed by atoms with Crippen LogP contribution in [0.25, 0.3) is 10.1 Å². The molecule has 0 saturated heterocycles. The molecule has 0 fully saturated rings. The van der Waals surface area contributed by atoms with Crippen LogP contribution in [0, 0.1) is 0 Å². The summed E-state index contributed by atoms with van der Waals surface area (Å²) in [5, 5.41) is 6.58. The van der Waals surface area contributed by atoms with Crippen molar-refractivity contribution in [3.8, 4) is 0 Å². The number of hydrogen-bond acceptors (Lipinski definition) is 4. The SMILES string of the molecule is CC(C)OCCNc1nccc2sccc12. The maximum absolute atomic E-state index is 5.47. The molecule has 2 heterocycles. The van der Waals surface area contributed by atoms with E-state index in [0.29, 0.717) is 6.61 Å². The van der Waals surface area contributed by atoms with Crippen LogP contribution in [0.5, 0.6) is 0 Å². The fraction of sp³-hybridized carbons (Fsp3) is 0.417. The van der Waals surface area contributed by atoms with Gasteiger partial charge in [0.15, 0.2) is 0 Å². The van der Waals surface area contributed by atoms with Gasteiger partial charge in [0, 0.05) is 22.8 Å². The Labute approximate surface area is 99.5 Å². The molecule has 0 atom stereocenters. The van der Waals surface area contributed by atoms with Gasteiger partial charge in [-0.25, -0.2) is 4.98 Å². The van der Waals surface area contributed by atoms with E-state index in [1.165, 1.54) is 10.1 Å². The maximum Gasteiger partial charge on any atom is 0.134 e. The predicted molar refractivity (Wildman–Crippen MR) is 69.2 cm³/mol. The number of fused-ring (bicyclic) bond motifs is 1. The fourth-order valence-corrected chi connectivity index (χ4v) is 2.28. The van der Waals surface area contributed by atoms with Gasteiger partial charge in [-0.15, -0.1) is 11.3 Å². The maximum atomic E-state index is 5.47. The average molecular weight is 236 g/mol. The third-order valence-electron chi connectivity index (χ3n) is 2.23. The van der Waals surface area contributed by atoms with Crippen LogP contribution in [0.3, 0.4) is 0 Å². The number of aromatic nitrogens is 1. The number of thiophene rings is 1. The number of nitrogens with one attached hydrogen (secondary N) is 1. The Bertz CT molecular complexity index is 453. The molecule has 0 aliphatic carbocycles. The molecule has 0 aliphatic heterocycles. The highest BCUT2D eigenvalue weighted by Gasteiger charge is 2.02. The molecule has 16 heavy (non-hydrogen) atoms. The molecule has 2 rings (SSSR count). The summed E-state index contributed by atoms with van der Waals surface area (Å²) >= 11 is 1.73. The summed E-state index contributed by atoms with van der Waals surface area (Å²) < 4.78 is 6.74. The number of anilines is 1. The van der Waals surface area contributed by atoms with Gasteiger partial charge < -0.3 is 10.1 Å². The first-order valence-corrected chi connectivity index (χ1v) is 6.33. The molecule has 1 N–H and O–H groups in total. The lowest BCUT2D eigenvalue weighted by Crippen LogP contribution is -2.13. The topological polar surface area (TPSA) is 34.1 Å². The highest BCUT2D eigenvalue weighted by atomic mass is 32.1. The van der Waals surface area contributed by atoms with Crippen LogP contribution in [0.2, 0.25) is 0 Å². The third kappa shape index (κ3) is 2.71. The Morgan fingerprint density at radius 3 is 3.12 bits per heavy atom. The van der Waals surface area contributed by atoms with Crippen molar-refractivity contribution in [2.24, 2.45) is 0 Å². The summed E-state index contributed by atoms with van der Waals surface area (Å²) in [4.78, 5) is 4.34. The van der Waals surface area contributed by atoms with Crippen molar-refractivity contribution in [3.05, 3.63) is 23.7 Å². The molecule has 2 aromatic rings. The van der Waals surface area contributed by atoms with Crippen molar-refractivity contribution in [2.45, 2.75) is 20.0 Å². The van der Waals surface area contributed by atoms with E-state index in [-0.39, 0.29) is 6.10 Å². The predicted octanol–water partition coefficient (Wildman–Crippen LogP) is 3.13. The molecule has 86 valence electrons. The second-order valence-corrected chi connectivity index (χ2v) is 4.79. The molecule has 0 bridgehead atoms. The second-order valence-electron chi connectivity index (χ2n) is 3.84. The number of pyridine rings is 1. The Balaban J connectivity index is 1.96. The minimum Gasteiger partial charge on any atom is -0.377 e. The highest BCUT2D eigenvalue weighted by molar-refractivity contribution is 7.17. The van der Waals surface area contributed by atoms with Gasteiger partial charge in [0.05, 0.1) is 12.7 Å². The van der Waals surface area contributed by atoms with E-state index in [4.69, 9.17) is 4.74 Å². The summed E-state index contributed by atoms with van der Waals surface area (Å²) in [6.07, 6.45) is 2.12. The minimum atomic E-state index is 0.284. The van der Waals surface area contributed by atoms with Crippen LogP contribution in [0.1, 0.15) is 13.8 Å². The first kappa shape index (κ1) is 11.4. The molecule has 0 saturated carbocycles. The summed E-state index contributed by atoms with van der Waals surface area (Å²) in [6, 6.07) is 4.13. The zero-order valence-electron chi connectivity index (χ0n) is 9.56. The molecule has 0 spiro atoms. The van der Waals surface area contributed by atoms with Crippen molar-refractivity contribution in [2.75, 3.05) is 18.5 Å². The molecule has 4 heteroatoms. The normalized spacial score (nSPS) is 11.2. The van der Waals surface area contributed by atoms with Gasteiger partial charge in [-0.05, 0) is 31.4 Å². The summed E-state index contributed by atoms with van der Waals surface area (Å²) in [5.74, 6) is 0.950. The summed E-state index contributed by atoms with van der Waals surface area (Å²) in [7, 11) is 0. The Kier molecular flexibility index (Phi) is 3.74. The third-order valence-corrected chi connectivity index (χ3v) is 3.11. The van der Waals surface area contributed by atoms with Crippen molar-refractivity contribution < 1.29 is 4.74 Å². The molecule has 0 unspecified atom stereocenters. The molecular formula is C12H16N2OS. The zero-order valence-corrected chi connectivity index (χ0v) is 10.4. The van der Waals surface area contributed by atoms with E-state index in [1.54, 1.807) is 11.3 Å². The van der Waals surface area contributed by atoms with Crippen molar-refractivity contribution in [1.82, 2.24) is 4.98 Å². The zero-order chi connectivity index (χ0) is 11.4. The van der Waals surface area contributed by atoms with Gasteiger partial charge in [0.1, 0.15) is 5.82 Å². The Hall–Kier alpha value is -1.13. The molecule has 0 radical (unpaired) electrons. The van der Waals surface area contributed by atoms with E-state index < -0.39 is 0 Å². The first-order chi connectivity index (χ1) is 7.77. The van der Waals surface area contributed by atoms with E-state index in [0.717, 1.165) is 12.4 Å². The molecule has 0 aliphatic rings. The number of rotatable bonds is 5. The van der Waals surface area contributed by atoms with Gasteiger partial charge >= 0.3 is 0 Å². The van der Waals surface area contributed by atoms with Crippen LogP contribution in [0.4, 0.5) is 5.82 Å². The average Bonchev–Trinajstić information content (AvgIpc) is 2.72. The largest absolute Gasteiger partial charge is 0.377 e. The molecule has 3 nitrogen and oxygen atoms in total. The van der Waals surface area contributed by atoms with Gasteiger partial charge in [0.25, 0.3) is 0 Å². The fourth-order valence-electron chi connectivity index (χ4n) is 1.50. The van der Waals surface area contributed by atoms with Crippen molar-refractivity contribution in [1.29, 1.82) is 0 Å². The van der Waals surface area contributed by atoms with Gasteiger partial charge in [0.2, 0.25) is 0 Å². The Morgan fingerprint density at radius 1 is 1.44 bits per heavy atom. The van der Waals surface area contributed by atoms with Crippen LogP contribution in [-0.2, 0) is 4.74 Å². The molecule has 2 aromatic heterocycles. The minimum absolute atomic E-state index is 0.284. The molecular weight excluding hydrogens is 220 g/mol. The first-order valence-electron chi connectivity index (χ1n) is 5.45. The van der Waals surface area contributed by atoms with Crippen molar-refractivity contribution in [3.63, 3.8) is 0 Å². The van der Waals surface area contributed by atoms with E-state index in [1.807, 2.05) is 26.1 Å². The standard InChI is InChI=1S/C12H16N2OS/c1-9(2)15-7-6-14-12-10-4-8-16-11(10)3-5-13-12/h3-5,8-9H,6-7H2,1-2H3,(H,13,14). The van der Waals surface area contributed by atoms with Gasteiger partial charge in [-0.1, -0.05) is 0 Å². The van der Waals surface area contributed by atoms with E-state index in [2.05, 4.69) is 21.7 Å². The summed E-state index contributed by atoms with van der Waals surface area (Å²) in [6.45, 7) is 5.58.